The Morgan fingerprint density at radius 1 is 0.900 bits per heavy atom. The Morgan fingerprint density at radius 3 is 1.90 bits per heavy atom. The zero-order valence-electron chi connectivity index (χ0n) is 14.4. The standard InChI is InChI=1S/C17H34N2O/c1-16(2,3)7-8-18-12-15-11-14(18)13-19(15)9-10-20-17(4,5)6/h14-15H,7-13H2,1-6H3/t14-,15-/m1/s1. The lowest BCUT2D eigenvalue weighted by Gasteiger charge is -2.35. The molecule has 0 aromatic carbocycles. The summed E-state index contributed by atoms with van der Waals surface area (Å²) in [5.41, 5.74) is 0.458. The van der Waals surface area contributed by atoms with E-state index in [0.29, 0.717) is 5.41 Å². The van der Waals surface area contributed by atoms with Crippen LogP contribution in [-0.2, 0) is 4.74 Å². The lowest BCUT2D eigenvalue weighted by atomic mass is 9.92. The molecule has 0 amide bonds. The molecule has 0 radical (unpaired) electrons. The predicted molar refractivity (Wildman–Crippen MR) is 85.1 cm³/mol. The average Bonchev–Trinajstić information content (AvgIpc) is 2.82. The van der Waals surface area contributed by atoms with Gasteiger partial charge in [0.25, 0.3) is 0 Å². The van der Waals surface area contributed by atoms with E-state index in [1.807, 2.05) is 0 Å². The maximum atomic E-state index is 5.86. The van der Waals surface area contributed by atoms with Gasteiger partial charge in [-0.2, -0.15) is 0 Å². The van der Waals surface area contributed by atoms with E-state index in [4.69, 9.17) is 4.74 Å². The fraction of sp³-hybridized carbons (Fsp3) is 1.00. The molecule has 0 aromatic rings. The molecule has 2 saturated heterocycles. The van der Waals surface area contributed by atoms with Gasteiger partial charge in [0.1, 0.15) is 0 Å². The average molecular weight is 282 g/mol. The lowest BCUT2D eigenvalue weighted by molar-refractivity contribution is -0.0190. The first-order chi connectivity index (χ1) is 9.14. The Hall–Kier alpha value is -0.120. The highest BCUT2D eigenvalue weighted by Gasteiger charge is 2.42. The summed E-state index contributed by atoms with van der Waals surface area (Å²) in [5.74, 6) is 0. The molecular weight excluding hydrogens is 248 g/mol. The molecule has 2 rings (SSSR count). The predicted octanol–water partition coefficient (Wildman–Crippen LogP) is 3.00. The summed E-state index contributed by atoms with van der Waals surface area (Å²) >= 11 is 0. The Morgan fingerprint density at radius 2 is 1.45 bits per heavy atom. The van der Waals surface area contributed by atoms with E-state index in [1.165, 1.54) is 32.5 Å². The van der Waals surface area contributed by atoms with Crippen molar-refractivity contribution in [1.82, 2.24) is 9.80 Å². The molecule has 2 aliphatic rings. The molecule has 0 aromatic heterocycles. The van der Waals surface area contributed by atoms with E-state index in [-0.39, 0.29) is 5.60 Å². The van der Waals surface area contributed by atoms with E-state index >= 15 is 0 Å². The van der Waals surface area contributed by atoms with Crippen LogP contribution in [0.5, 0.6) is 0 Å². The molecule has 2 atom stereocenters. The SMILES string of the molecule is CC(C)(C)CCN1C[C@H]2C[C@@H]1CN2CCOC(C)(C)C. The fourth-order valence-electron chi connectivity index (χ4n) is 3.33. The van der Waals surface area contributed by atoms with Crippen molar-refractivity contribution in [3.05, 3.63) is 0 Å². The van der Waals surface area contributed by atoms with Crippen molar-refractivity contribution in [2.75, 3.05) is 32.8 Å². The van der Waals surface area contributed by atoms with Crippen LogP contribution >= 0.6 is 0 Å². The number of nitrogens with zero attached hydrogens (tertiary/aromatic N) is 2. The normalized spacial score (nSPS) is 28.5. The van der Waals surface area contributed by atoms with Gasteiger partial charge in [0, 0.05) is 31.7 Å². The van der Waals surface area contributed by atoms with E-state index in [2.05, 4.69) is 51.3 Å². The third-order valence-electron chi connectivity index (χ3n) is 4.53. The van der Waals surface area contributed by atoms with Gasteiger partial charge in [0.15, 0.2) is 0 Å². The van der Waals surface area contributed by atoms with Crippen molar-refractivity contribution in [2.45, 2.75) is 72.1 Å². The van der Waals surface area contributed by atoms with Crippen molar-refractivity contribution in [3.63, 3.8) is 0 Å². The maximum Gasteiger partial charge on any atom is 0.0600 e. The number of fused-ring (bicyclic) bond motifs is 2. The monoisotopic (exact) mass is 282 g/mol. The highest BCUT2D eigenvalue weighted by atomic mass is 16.5. The number of ether oxygens (including phenoxy) is 1. The highest BCUT2D eigenvalue weighted by molar-refractivity contribution is 4.99. The zero-order chi connectivity index (χ0) is 15.0. The molecule has 3 heteroatoms. The van der Waals surface area contributed by atoms with Crippen molar-refractivity contribution in [1.29, 1.82) is 0 Å². The topological polar surface area (TPSA) is 15.7 Å². The van der Waals surface area contributed by atoms with Gasteiger partial charge in [-0.25, -0.2) is 0 Å². The number of likely N-dealkylation sites (tertiary alicyclic amines) is 2. The molecule has 0 unspecified atom stereocenters. The Bertz CT molecular complexity index is 316. The molecule has 0 N–H and O–H groups in total. The van der Waals surface area contributed by atoms with Crippen LogP contribution in [0.1, 0.15) is 54.4 Å². The first-order valence-corrected chi connectivity index (χ1v) is 8.26. The number of hydrogen-bond acceptors (Lipinski definition) is 3. The quantitative estimate of drug-likeness (QED) is 0.771. The van der Waals surface area contributed by atoms with Gasteiger partial charge < -0.3 is 4.74 Å². The molecule has 2 fully saturated rings. The van der Waals surface area contributed by atoms with Crippen LogP contribution in [-0.4, -0.2) is 60.3 Å². The van der Waals surface area contributed by atoms with Crippen LogP contribution in [0.2, 0.25) is 0 Å². The van der Waals surface area contributed by atoms with Gasteiger partial charge in [-0.3, -0.25) is 9.80 Å². The first kappa shape index (κ1) is 16.3. The first-order valence-electron chi connectivity index (χ1n) is 8.26. The second kappa shape index (κ2) is 5.94. The number of hydrogen-bond donors (Lipinski definition) is 0. The van der Waals surface area contributed by atoms with Crippen molar-refractivity contribution in [2.24, 2.45) is 5.41 Å². The summed E-state index contributed by atoms with van der Waals surface area (Å²) in [6, 6.07) is 1.58. The maximum absolute atomic E-state index is 5.86. The third kappa shape index (κ3) is 4.71. The van der Waals surface area contributed by atoms with Gasteiger partial charge in [-0.05, 0) is 45.6 Å². The third-order valence-corrected chi connectivity index (χ3v) is 4.53. The van der Waals surface area contributed by atoms with Gasteiger partial charge in [-0.1, -0.05) is 20.8 Å². The van der Waals surface area contributed by atoms with Gasteiger partial charge in [-0.15, -0.1) is 0 Å². The summed E-state index contributed by atoms with van der Waals surface area (Å²) in [5, 5.41) is 0. The van der Waals surface area contributed by atoms with Crippen LogP contribution in [0.15, 0.2) is 0 Å². The van der Waals surface area contributed by atoms with Crippen molar-refractivity contribution in [3.8, 4) is 0 Å². The smallest absolute Gasteiger partial charge is 0.0600 e. The van der Waals surface area contributed by atoms with Crippen LogP contribution in [0.4, 0.5) is 0 Å². The molecule has 0 spiro atoms. The van der Waals surface area contributed by atoms with Gasteiger partial charge in [0.05, 0.1) is 12.2 Å². The van der Waals surface area contributed by atoms with E-state index in [9.17, 15) is 0 Å². The molecule has 0 aliphatic carbocycles. The van der Waals surface area contributed by atoms with Crippen LogP contribution in [0, 0.1) is 5.41 Å². The Balaban J connectivity index is 1.69. The molecule has 2 heterocycles. The van der Waals surface area contributed by atoms with Gasteiger partial charge >= 0.3 is 0 Å². The van der Waals surface area contributed by atoms with E-state index < -0.39 is 0 Å². The van der Waals surface area contributed by atoms with Gasteiger partial charge in [0.2, 0.25) is 0 Å². The molecular formula is C17H34N2O. The van der Waals surface area contributed by atoms with Crippen molar-refractivity contribution >= 4 is 0 Å². The minimum atomic E-state index is -0.00250. The van der Waals surface area contributed by atoms with E-state index in [0.717, 1.165) is 25.2 Å². The number of rotatable bonds is 5. The van der Waals surface area contributed by atoms with Crippen molar-refractivity contribution < 1.29 is 4.74 Å². The summed E-state index contributed by atoms with van der Waals surface area (Å²) in [4.78, 5) is 5.36. The second-order valence-corrected chi connectivity index (χ2v) is 8.80. The van der Waals surface area contributed by atoms with Crippen LogP contribution in [0.25, 0.3) is 0 Å². The minimum absolute atomic E-state index is 0.00250. The van der Waals surface area contributed by atoms with Crippen LogP contribution in [0.3, 0.4) is 0 Å². The fourth-order valence-corrected chi connectivity index (χ4v) is 3.33. The molecule has 20 heavy (non-hydrogen) atoms. The summed E-state index contributed by atoms with van der Waals surface area (Å²) < 4.78 is 5.86. The Kier molecular flexibility index (Phi) is 4.83. The molecule has 2 aliphatic heterocycles. The van der Waals surface area contributed by atoms with E-state index in [1.54, 1.807) is 0 Å². The summed E-state index contributed by atoms with van der Waals surface area (Å²) in [6.45, 7) is 19.2. The lowest BCUT2D eigenvalue weighted by Crippen LogP contribution is -2.48. The summed E-state index contributed by atoms with van der Waals surface area (Å²) in [6.07, 6.45) is 2.68. The minimum Gasteiger partial charge on any atom is -0.375 e. The molecule has 3 nitrogen and oxygen atoms in total. The molecule has 0 saturated carbocycles. The van der Waals surface area contributed by atoms with Crippen LogP contribution < -0.4 is 0 Å². The number of piperazine rings is 1. The second-order valence-electron chi connectivity index (χ2n) is 8.80. The highest BCUT2D eigenvalue weighted by Crippen LogP contribution is 2.32. The largest absolute Gasteiger partial charge is 0.375 e. The molecule has 118 valence electrons. The molecule has 2 bridgehead atoms. The Labute approximate surface area is 125 Å². The zero-order valence-corrected chi connectivity index (χ0v) is 14.4. The summed E-state index contributed by atoms with van der Waals surface area (Å²) in [7, 11) is 0.